The zero-order chi connectivity index (χ0) is 18.0. The molecule has 0 saturated carbocycles. The number of hydrogen-bond acceptors (Lipinski definition) is 4. The monoisotopic (exact) mass is 341 g/mol. The Labute approximate surface area is 145 Å². The molecule has 1 aliphatic heterocycles. The molecule has 0 fully saturated rings. The molecule has 0 aliphatic carbocycles. The van der Waals surface area contributed by atoms with E-state index in [-0.39, 0.29) is 5.91 Å². The first-order valence-electron chi connectivity index (χ1n) is 7.90. The fraction of sp³-hybridized carbons (Fsp3) is 0.263. The summed E-state index contributed by atoms with van der Waals surface area (Å²) in [7, 11) is 3.03. The Kier molecular flexibility index (Phi) is 4.61. The first kappa shape index (κ1) is 16.8. The van der Waals surface area contributed by atoms with Crippen LogP contribution in [0.3, 0.4) is 0 Å². The zero-order valence-electron chi connectivity index (χ0n) is 14.1. The van der Waals surface area contributed by atoms with E-state index in [1.807, 2.05) is 6.07 Å². The van der Waals surface area contributed by atoms with E-state index in [0.717, 1.165) is 5.56 Å². The highest BCUT2D eigenvalue weighted by Gasteiger charge is 2.37. The second-order valence-corrected chi connectivity index (χ2v) is 5.76. The van der Waals surface area contributed by atoms with Crippen LogP contribution in [0, 0.1) is 0 Å². The van der Waals surface area contributed by atoms with Gasteiger partial charge in [-0.2, -0.15) is 0 Å². The second-order valence-electron chi connectivity index (χ2n) is 5.76. The summed E-state index contributed by atoms with van der Waals surface area (Å²) in [6.45, 7) is 0.327. The Morgan fingerprint density at radius 3 is 2.32 bits per heavy atom. The SMILES string of the molecule is COc1cc2c(cc1OC)C(C(=O)O)N(C(=O)c1ccccc1)CC2. The van der Waals surface area contributed by atoms with Gasteiger partial charge in [-0.1, -0.05) is 18.2 Å². The van der Waals surface area contributed by atoms with Gasteiger partial charge in [-0.25, -0.2) is 4.79 Å². The van der Waals surface area contributed by atoms with Gasteiger partial charge < -0.3 is 19.5 Å². The molecule has 1 aliphatic rings. The molecule has 1 unspecified atom stereocenters. The molecular weight excluding hydrogens is 322 g/mol. The highest BCUT2D eigenvalue weighted by Crippen LogP contribution is 2.38. The molecule has 0 spiro atoms. The lowest BCUT2D eigenvalue weighted by Gasteiger charge is -2.35. The molecule has 3 rings (SSSR count). The number of fused-ring (bicyclic) bond motifs is 1. The molecule has 6 nitrogen and oxygen atoms in total. The van der Waals surface area contributed by atoms with E-state index in [4.69, 9.17) is 9.47 Å². The highest BCUT2D eigenvalue weighted by molar-refractivity contribution is 5.97. The molecular formula is C19H19NO5. The zero-order valence-corrected chi connectivity index (χ0v) is 14.1. The maximum Gasteiger partial charge on any atom is 0.331 e. The summed E-state index contributed by atoms with van der Waals surface area (Å²) in [4.78, 5) is 26.2. The van der Waals surface area contributed by atoms with Gasteiger partial charge >= 0.3 is 5.97 Å². The van der Waals surface area contributed by atoms with Crippen molar-refractivity contribution in [3.05, 3.63) is 59.2 Å². The van der Waals surface area contributed by atoms with E-state index >= 15 is 0 Å². The lowest BCUT2D eigenvalue weighted by molar-refractivity contribution is -0.143. The van der Waals surface area contributed by atoms with E-state index < -0.39 is 12.0 Å². The normalized spacial score (nSPS) is 16.1. The fourth-order valence-electron chi connectivity index (χ4n) is 3.18. The van der Waals surface area contributed by atoms with E-state index in [1.54, 1.807) is 36.4 Å². The molecule has 1 atom stereocenters. The van der Waals surface area contributed by atoms with Crippen LogP contribution in [-0.2, 0) is 11.2 Å². The van der Waals surface area contributed by atoms with Gasteiger partial charge in [0.15, 0.2) is 17.5 Å². The largest absolute Gasteiger partial charge is 0.493 e. The summed E-state index contributed by atoms with van der Waals surface area (Å²) < 4.78 is 10.6. The quantitative estimate of drug-likeness (QED) is 0.925. The van der Waals surface area contributed by atoms with Gasteiger partial charge in [0.25, 0.3) is 5.91 Å². The van der Waals surface area contributed by atoms with Crippen molar-refractivity contribution >= 4 is 11.9 Å². The average molecular weight is 341 g/mol. The number of rotatable bonds is 4. The van der Waals surface area contributed by atoms with Gasteiger partial charge in [-0.3, -0.25) is 4.79 Å². The van der Waals surface area contributed by atoms with E-state index in [9.17, 15) is 14.7 Å². The lowest BCUT2D eigenvalue weighted by Crippen LogP contribution is -2.43. The summed E-state index contributed by atoms with van der Waals surface area (Å²) >= 11 is 0. The van der Waals surface area contributed by atoms with Gasteiger partial charge in [-0.05, 0) is 41.8 Å². The summed E-state index contributed by atoms with van der Waals surface area (Å²) in [5.41, 5.74) is 1.88. The summed E-state index contributed by atoms with van der Waals surface area (Å²) in [6.07, 6.45) is 0.554. The number of carboxylic acid groups (broad SMARTS) is 1. The Hall–Kier alpha value is -3.02. The van der Waals surface area contributed by atoms with Crippen LogP contribution in [0.4, 0.5) is 0 Å². The smallest absolute Gasteiger partial charge is 0.331 e. The molecule has 0 aromatic heterocycles. The predicted molar refractivity (Wildman–Crippen MR) is 91.1 cm³/mol. The van der Waals surface area contributed by atoms with Gasteiger partial charge in [0.2, 0.25) is 0 Å². The average Bonchev–Trinajstić information content (AvgIpc) is 2.65. The van der Waals surface area contributed by atoms with Crippen LogP contribution in [0.1, 0.15) is 27.5 Å². The molecule has 0 saturated heterocycles. The van der Waals surface area contributed by atoms with Gasteiger partial charge in [0.1, 0.15) is 0 Å². The number of carbonyl (C=O) groups excluding carboxylic acids is 1. The van der Waals surface area contributed by atoms with Crippen LogP contribution in [0.25, 0.3) is 0 Å². The van der Waals surface area contributed by atoms with E-state index in [2.05, 4.69) is 0 Å². The molecule has 2 aromatic carbocycles. The Morgan fingerprint density at radius 1 is 1.08 bits per heavy atom. The second kappa shape index (κ2) is 6.84. The van der Waals surface area contributed by atoms with Crippen LogP contribution < -0.4 is 9.47 Å². The van der Waals surface area contributed by atoms with Crippen molar-refractivity contribution in [3.8, 4) is 11.5 Å². The highest BCUT2D eigenvalue weighted by atomic mass is 16.5. The lowest BCUT2D eigenvalue weighted by atomic mass is 9.91. The Bertz CT molecular complexity index is 803. The molecule has 130 valence electrons. The molecule has 1 heterocycles. The van der Waals surface area contributed by atoms with E-state index in [0.29, 0.717) is 35.6 Å². The van der Waals surface area contributed by atoms with Crippen LogP contribution in [0.5, 0.6) is 11.5 Å². The van der Waals surface area contributed by atoms with Crippen molar-refractivity contribution in [1.29, 1.82) is 0 Å². The Balaban J connectivity index is 2.05. The number of benzene rings is 2. The first-order chi connectivity index (χ1) is 12.1. The van der Waals surface area contributed by atoms with Crippen LogP contribution in [0.2, 0.25) is 0 Å². The summed E-state index contributed by atoms with van der Waals surface area (Å²) in [5.74, 6) is -0.374. The molecule has 1 N–H and O–H groups in total. The minimum atomic E-state index is -1.07. The molecule has 0 radical (unpaired) electrons. The minimum Gasteiger partial charge on any atom is -0.493 e. The van der Waals surface area contributed by atoms with Crippen molar-refractivity contribution in [3.63, 3.8) is 0 Å². The van der Waals surface area contributed by atoms with Gasteiger partial charge in [-0.15, -0.1) is 0 Å². The standard InChI is InChI=1S/C19H19NO5/c1-24-15-10-13-8-9-20(18(21)12-6-4-3-5-7-12)17(19(22)23)14(13)11-16(15)25-2/h3-7,10-11,17H,8-9H2,1-2H3,(H,22,23). The summed E-state index contributed by atoms with van der Waals surface area (Å²) in [5, 5.41) is 9.78. The fourth-order valence-corrected chi connectivity index (χ4v) is 3.18. The van der Waals surface area contributed by atoms with Crippen molar-refractivity contribution in [2.75, 3.05) is 20.8 Å². The number of carboxylic acids is 1. The Morgan fingerprint density at radius 2 is 1.72 bits per heavy atom. The predicted octanol–water partition coefficient (Wildman–Crippen LogP) is 2.53. The minimum absolute atomic E-state index is 0.298. The van der Waals surface area contributed by atoms with Crippen molar-refractivity contribution < 1.29 is 24.2 Å². The number of aliphatic carboxylic acids is 1. The van der Waals surface area contributed by atoms with Gasteiger partial charge in [0, 0.05) is 12.1 Å². The topological polar surface area (TPSA) is 76.1 Å². The first-order valence-corrected chi connectivity index (χ1v) is 7.90. The molecule has 25 heavy (non-hydrogen) atoms. The number of carbonyl (C=O) groups is 2. The number of ether oxygens (including phenoxy) is 2. The number of methoxy groups -OCH3 is 2. The molecule has 1 amide bonds. The number of hydrogen-bond donors (Lipinski definition) is 1. The maximum absolute atomic E-state index is 12.8. The van der Waals surface area contributed by atoms with Crippen molar-refractivity contribution in [2.45, 2.75) is 12.5 Å². The third-order valence-corrected chi connectivity index (χ3v) is 4.39. The summed E-state index contributed by atoms with van der Waals surface area (Å²) in [6, 6.07) is 11.1. The maximum atomic E-state index is 12.8. The number of nitrogens with zero attached hydrogens (tertiary/aromatic N) is 1. The molecule has 2 aromatic rings. The molecule has 6 heteroatoms. The van der Waals surface area contributed by atoms with Crippen molar-refractivity contribution in [1.82, 2.24) is 4.90 Å². The molecule has 0 bridgehead atoms. The van der Waals surface area contributed by atoms with Gasteiger partial charge in [0.05, 0.1) is 14.2 Å². The van der Waals surface area contributed by atoms with Crippen LogP contribution >= 0.6 is 0 Å². The van der Waals surface area contributed by atoms with Crippen LogP contribution in [0.15, 0.2) is 42.5 Å². The third-order valence-electron chi connectivity index (χ3n) is 4.39. The van der Waals surface area contributed by atoms with E-state index in [1.165, 1.54) is 19.1 Å². The van der Waals surface area contributed by atoms with Crippen molar-refractivity contribution in [2.24, 2.45) is 0 Å². The third kappa shape index (κ3) is 3.03. The number of amides is 1. The van der Waals surface area contributed by atoms with Crippen LogP contribution in [-0.4, -0.2) is 42.6 Å².